The lowest BCUT2D eigenvalue weighted by molar-refractivity contribution is 0.104. The van der Waals surface area contributed by atoms with Gasteiger partial charge in [0, 0.05) is 20.2 Å². The van der Waals surface area contributed by atoms with E-state index >= 15 is 0 Å². The van der Waals surface area contributed by atoms with Gasteiger partial charge in [0.05, 0.1) is 12.1 Å². The number of hydrogen-bond acceptors (Lipinski definition) is 6. The van der Waals surface area contributed by atoms with E-state index in [1.54, 1.807) is 0 Å². The second-order valence-corrected chi connectivity index (χ2v) is 7.33. The van der Waals surface area contributed by atoms with Gasteiger partial charge in [0.1, 0.15) is 13.2 Å². The zero-order valence-electron chi connectivity index (χ0n) is 19.1. The maximum absolute atomic E-state index is 11.1. The lowest BCUT2D eigenvalue weighted by Gasteiger charge is -2.29. The minimum atomic E-state index is -0.606. The molecule has 2 aromatic rings. The van der Waals surface area contributed by atoms with E-state index in [0.29, 0.717) is 13.2 Å². The molecule has 172 valence electrons. The highest BCUT2D eigenvalue weighted by atomic mass is 16.6. The second kappa shape index (κ2) is 14.0. The number of fused-ring (bicyclic) bond motifs is 1. The van der Waals surface area contributed by atoms with Crippen LogP contribution < -0.4 is 14.8 Å². The first-order valence-electron chi connectivity index (χ1n) is 11.3. The topological polar surface area (TPSA) is 74.2 Å². The molecule has 31 heavy (non-hydrogen) atoms. The Balaban J connectivity index is 0.000000807. The van der Waals surface area contributed by atoms with Crippen LogP contribution in [0.2, 0.25) is 0 Å². The van der Waals surface area contributed by atoms with Crippen molar-refractivity contribution in [1.29, 1.82) is 0 Å². The van der Waals surface area contributed by atoms with Crippen molar-refractivity contribution in [3.05, 3.63) is 59.7 Å². The number of nitrogens with one attached hydrogen (secondary N) is 1. The highest BCUT2D eigenvalue weighted by Gasteiger charge is 2.26. The summed E-state index contributed by atoms with van der Waals surface area (Å²) in [5.41, 5.74) is 2.09. The number of aliphatic hydroxyl groups excluding tert-OH is 2. The molecule has 0 radical (unpaired) electrons. The summed E-state index contributed by atoms with van der Waals surface area (Å²) in [6, 6.07) is 16.0. The maximum Gasteiger partial charge on any atom is 0.161 e. The lowest BCUT2D eigenvalue weighted by atomic mass is 10.0. The van der Waals surface area contributed by atoms with Crippen LogP contribution in [0.5, 0.6) is 11.5 Å². The Morgan fingerprint density at radius 3 is 2.26 bits per heavy atom. The number of rotatable bonds is 7. The molecule has 2 unspecified atom stereocenters. The summed E-state index contributed by atoms with van der Waals surface area (Å²) in [6.45, 7) is 8.92. The Kier molecular flexibility index (Phi) is 11.4. The SMILES string of the molecule is CC.CO.OC(c1ccc2c(c1)OCCO2)C(CN1CCCC1)NCc1ccccc1. The van der Waals surface area contributed by atoms with E-state index in [4.69, 9.17) is 14.6 Å². The van der Waals surface area contributed by atoms with Crippen LogP contribution in [0.1, 0.15) is 43.9 Å². The van der Waals surface area contributed by atoms with Crippen molar-refractivity contribution in [3.63, 3.8) is 0 Å². The van der Waals surface area contributed by atoms with E-state index < -0.39 is 6.10 Å². The number of benzene rings is 2. The summed E-state index contributed by atoms with van der Waals surface area (Å²) in [7, 11) is 1.00. The van der Waals surface area contributed by atoms with Gasteiger partial charge in [-0.1, -0.05) is 50.2 Å². The smallest absolute Gasteiger partial charge is 0.161 e. The first-order chi connectivity index (χ1) is 15.3. The lowest BCUT2D eigenvalue weighted by Crippen LogP contribution is -2.43. The predicted molar refractivity (Wildman–Crippen MR) is 125 cm³/mol. The standard InChI is InChI=1S/C22H28N2O3.C2H6.CH4O/c25-22(18-8-9-20-21(14-18)27-13-12-26-20)19(16-24-10-4-5-11-24)23-15-17-6-2-1-3-7-17;2*1-2/h1-3,6-9,14,19,22-23,25H,4-5,10-13,15-16H2;1-2H3;2H,1H3. The number of aliphatic hydroxyl groups is 2. The van der Waals surface area contributed by atoms with E-state index in [9.17, 15) is 5.11 Å². The number of nitrogens with zero attached hydrogens (tertiary/aromatic N) is 1. The van der Waals surface area contributed by atoms with Crippen molar-refractivity contribution >= 4 is 0 Å². The molecule has 4 rings (SSSR count). The molecule has 0 aliphatic carbocycles. The van der Waals surface area contributed by atoms with Crippen LogP contribution in [0, 0.1) is 0 Å². The summed E-state index contributed by atoms with van der Waals surface area (Å²) in [4.78, 5) is 2.43. The molecule has 2 heterocycles. The summed E-state index contributed by atoms with van der Waals surface area (Å²) in [5.74, 6) is 1.48. The zero-order chi connectivity index (χ0) is 22.5. The molecule has 6 heteroatoms. The minimum Gasteiger partial charge on any atom is -0.486 e. The maximum atomic E-state index is 11.1. The third-order valence-corrected chi connectivity index (χ3v) is 5.35. The quantitative estimate of drug-likeness (QED) is 0.625. The third-order valence-electron chi connectivity index (χ3n) is 5.35. The predicted octanol–water partition coefficient (Wildman–Crippen LogP) is 3.38. The molecular weight excluding hydrogens is 392 g/mol. The van der Waals surface area contributed by atoms with Crippen molar-refractivity contribution in [1.82, 2.24) is 10.2 Å². The van der Waals surface area contributed by atoms with E-state index in [-0.39, 0.29) is 6.04 Å². The average molecular weight is 431 g/mol. The van der Waals surface area contributed by atoms with Gasteiger partial charge >= 0.3 is 0 Å². The number of ether oxygens (including phenoxy) is 2. The van der Waals surface area contributed by atoms with E-state index in [2.05, 4.69) is 22.3 Å². The molecule has 2 aromatic carbocycles. The fourth-order valence-electron chi connectivity index (χ4n) is 3.84. The molecule has 1 fully saturated rings. The molecular formula is C25H38N2O4. The monoisotopic (exact) mass is 430 g/mol. The largest absolute Gasteiger partial charge is 0.486 e. The molecule has 0 bridgehead atoms. The van der Waals surface area contributed by atoms with Crippen LogP contribution in [-0.4, -0.2) is 61.1 Å². The Bertz CT molecular complexity index is 736. The van der Waals surface area contributed by atoms with Crippen LogP contribution in [0.3, 0.4) is 0 Å². The van der Waals surface area contributed by atoms with Gasteiger partial charge in [-0.3, -0.25) is 0 Å². The summed E-state index contributed by atoms with van der Waals surface area (Å²) < 4.78 is 11.3. The van der Waals surface area contributed by atoms with Crippen molar-refractivity contribution in [3.8, 4) is 11.5 Å². The Morgan fingerprint density at radius 1 is 0.935 bits per heavy atom. The first kappa shape index (κ1) is 25.1. The fraction of sp³-hybridized carbons (Fsp3) is 0.520. The van der Waals surface area contributed by atoms with E-state index in [0.717, 1.165) is 50.4 Å². The summed E-state index contributed by atoms with van der Waals surface area (Å²) >= 11 is 0. The van der Waals surface area contributed by atoms with Crippen LogP contribution in [0.15, 0.2) is 48.5 Å². The molecule has 1 saturated heterocycles. The highest BCUT2D eigenvalue weighted by Crippen LogP contribution is 2.33. The van der Waals surface area contributed by atoms with Gasteiger partial charge in [0.2, 0.25) is 0 Å². The van der Waals surface area contributed by atoms with E-state index in [1.807, 2.05) is 50.2 Å². The first-order valence-corrected chi connectivity index (χ1v) is 11.3. The molecule has 0 saturated carbocycles. The Hall–Kier alpha value is -2.12. The number of likely N-dealkylation sites (tertiary alicyclic amines) is 1. The summed E-state index contributed by atoms with van der Waals surface area (Å²) in [6.07, 6.45) is 1.88. The van der Waals surface area contributed by atoms with Crippen molar-refractivity contribution in [2.45, 2.75) is 45.4 Å². The molecule has 0 amide bonds. The average Bonchev–Trinajstić information content (AvgIpc) is 3.37. The molecule has 0 spiro atoms. The highest BCUT2D eigenvalue weighted by molar-refractivity contribution is 5.44. The normalized spacial score (nSPS) is 16.9. The van der Waals surface area contributed by atoms with Crippen LogP contribution in [0.25, 0.3) is 0 Å². The molecule has 2 atom stereocenters. The van der Waals surface area contributed by atoms with Crippen molar-refractivity contribution in [2.75, 3.05) is 40.0 Å². The van der Waals surface area contributed by atoms with Gasteiger partial charge in [-0.15, -0.1) is 0 Å². The third kappa shape index (κ3) is 7.51. The molecule has 0 aromatic heterocycles. The van der Waals surface area contributed by atoms with Gasteiger partial charge in [-0.05, 0) is 49.2 Å². The zero-order valence-corrected chi connectivity index (χ0v) is 19.1. The van der Waals surface area contributed by atoms with Gasteiger partial charge in [0.15, 0.2) is 11.5 Å². The van der Waals surface area contributed by atoms with E-state index in [1.165, 1.54) is 18.4 Å². The second-order valence-electron chi connectivity index (χ2n) is 7.33. The van der Waals surface area contributed by atoms with Gasteiger partial charge in [-0.25, -0.2) is 0 Å². The minimum absolute atomic E-state index is 0.0501. The van der Waals surface area contributed by atoms with Crippen LogP contribution in [-0.2, 0) is 6.54 Å². The van der Waals surface area contributed by atoms with Gasteiger partial charge < -0.3 is 29.9 Å². The Morgan fingerprint density at radius 2 is 1.58 bits per heavy atom. The van der Waals surface area contributed by atoms with Gasteiger partial charge in [-0.2, -0.15) is 0 Å². The number of hydrogen-bond donors (Lipinski definition) is 3. The molecule has 2 aliphatic heterocycles. The summed E-state index contributed by atoms with van der Waals surface area (Å²) in [5, 5.41) is 21.7. The molecule has 3 N–H and O–H groups in total. The van der Waals surface area contributed by atoms with Gasteiger partial charge in [0.25, 0.3) is 0 Å². The van der Waals surface area contributed by atoms with Crippen LogP contribution >= 0.6 is 0 Å². The van der Waals surface area contributed by atoms with Crippen molar-refractivity contribution in [2.24, 2.45) is 0 Å². The fourth-order valence-corrected chi connectivity index (χ4v) is 3.84. The molecule has 6 nitrogen and oxygen atoms in total. The van der Waals surface area contributed by atoms with Crippen LogP contribution in [0.4, 0.5) is 0 Å². The van der Waals surface area contributed by atoms with Crippen molar-refractivity contribution < 1.29 is 19.7 Å². The molecule has 2 aliphatic rings. The Labute approximate surface area is 186 Å².